The van der Waals surface area contributed by atoms with Gasteiger partial charge in [0.2, 0.25) is 0 Å². The zero-order valence-electron chi connectivity index (χ0n) is 9.99. The van der Waals surface area contributed by atoms with Gasteiger partial charge in [0.25, 0.3) is 0 Å². The van der Waals surface area contributed by atoms with Gasteiger partial charge in [-0.2, -0.15) is 5.10 Å². The summed E-state index contributed by atoms with van der Waals surface area (Å²) >= 11 is 6.13. The molecule has 0 atom stereocenters. The quantitative estimate of drug-likeness (QED) is 0.749. The SMILES string of the molecule is CCn1nc(C)c(Cl)c1CNCCOC(N)=O. The Morgan fingerprint density at radius 1 is 1.65 bits per heavy atom. The van der Waals surface area contributed by atoms with E-state index in [0.29, 0.717) is 18.1 Å². The van der Waals surface area contributed by atoms with Crippen LogP contribution in [0.5, 0.6) is 0 Å². The molecule has 1 rings (SSSR count). The first-order valence-corrected chi connectivity index (χ1v) is 5.78. The van der Waals surface area contributed by atoms with Gasteiger partial charge in [-0.05, 0) is 13.8 Å². The second-order valence-corrected chi connectivity index (χ2v) is 3.88. The molecule has 0 bridgehead atoms. The number of amides is 1. The summed E-state index contributed by atoms with van der Waals surface area (Å²) in [5, 5.41) is 8.08. The number of rotatable bonds is 6. The van der Waals surface area contributed by atoms with Gasteiger partial charge in [-0.15, -0.1) is 0 Å². The lowest BCUT2D eigenvalue weighted by Crippen LogP contribution is -2.24. The van der Waals surface area contributed by atoms with Crippen molar-refractivity contribution in [3.63, 3.8) is 0 Å². The molecule has 0 aromatic carbocycles. The molecule has 6 nitrogen and oxygen atoms in total. The number of nitrogens with zero attached hydrogens (tertiary/aromatic N) is 2. The van der Waals surface area contributed by atoms with Crippen molar-refractivity contribution in [3.8, 4) is 0 Å². The average Bonchev–Trinajstić information content (AvgIpc) is 2.55. The molecule has 1 aromatic rings. The number of ether oxygens (including phenoxy) is 1. The van der Waals surface area contributed by atoms with Gasteiger partial charge in [0.1, 0.15) is 6.61 Å². The highest BCUT2D eigenvalue weighted by molar-refractivity contribution is 6.31. The number of hydrogen-bond donors (Lipinski definition) is 2. The first kappa shape index (κ1) is 13.8. The number of aromatic nitrogens is 2. The van der Waals surface area contributed by atoms with Crippen LogP contribution in [0.3, 0.4) is 0 Å². The van der Waals surface area contributed by atoms with E-state index < -0.39 is 6.09 Å². The molecule has 1 amide bonds. The predicted octanol–water partition coefficient (Wildman–Crippen LogP) is 1.05. The largest absolute Gasteiger partial charge is 0.448 e. The number of carbonyl (C=O) groups excluding carboxylic acids is 1. The Hall–Kier alpha value is -1.27. The standard InChI is InChI=1S/C10H17ClN4O2/c1-3-15-8(9(11)7(2)14-15)6-13-4-5-17-10(12)16/h13H,3-6H2,1-2H3,(H2,12,16). The minimum atomic E-state index is -0.765. The lowest BCUT2D eigenvalue weighted by molar-refractivity contribution is 0.157. The smallest absolute Gasteiger partial charge is 0.404 e. The Kier molecular flexibility index (Phi) is 5.24. The number of nitrogens with one attached hydrogen (secondary N) is 1. The van der Waals surface area contributed by atoms with Crippen LogP contribution in [0.4, 0.5) is 4.79 Å². The van der Waals surface area contributed by atoms with Gasteiger partial charge in [-0.25, -0.2) is 4.79 Å². The Bertz CT molecular complexity index is 392. The summed E-state index contributed by atoms with van der Waals surface area (Å²) in [6.45, 7) is 5.98. The maximum Gasteiger partial charge on any atom is 0.404 e. The number of nitrogens with two attached hydrogens (primary N) is 1. The Morgan fingerprint density at radius 2 is 2.35 bits per heavy atom. The van der Waals surface area contributed by atoms with Crippen molar-refractivity contribution < 1.29 is 9.53 Å². The van der Waals surface area contributed by atoms with Gasteiger partial charge in [-0.3, -0.25) is 4.68 Å². The average molecular weight is 261 g/mol. The predicted molar refractivity (Wildman–Crippen MR) is 64.9 cm³/mol. The first-order valence-electron chi connectivity index (χ1n) is 5.41. The molecule has 0 aliphatic rings. The number of hydrogen-bond acceptors (Lipinski definition) is 4. The fourth-order valence-electron chi connectivity index (χ4n) is 1.47. The van der Waals surface area contributed by atoms with Crippen LogP contribution < -0.4 is 11.1 Å². The topological polar surface area (TPSA) is 82.2 Å². The molecule has 17 heavy (non-hydrogen) atoms. The van der Waals surface area contributed by atoms with Gasteiger partial charge in [-0.1, -0.05) is 11.6 Å². The molecule has 0 fully saturated rings. The van der Waals surface area contributed by atoms with Crippen molar-refractivity contribution in [3.05, 3.63) is 16.4 Å². The second-order valence-electron chi connectivity index (χ2n) is 3.51. The van der Waals surface area contributed by atoms with Crippen LogP contribution in [0.1, 0.15) is 18.3 Å². The summed E-state index contributed by atoms with van der Waals surface area (Å²) < 4.78 is 6.44. The van der Waals surface area contributed by atoms with Crippen LogP contribution >= 0.6 is 11.6 Å². The normalized spacial score (nSPS) is 10.5. The molecule has 0 saturated carbocycles. The third kappa shape index (κ3) is 3.90. The van der Waals surface area contributed by atoms with Crippen LogP contribution in [-0.2, 0) is 17.8 Å². The van der Waals surface area contributed by atoms with Gasteiger partial charge in [0.15, 0.2) is 0 Å². The second kappa shape index (κ2) is 6.46. The van der Waals surface area contributed by atoms with Crippen LogP contribution in [0, 0.1) is 6.92 Å². The summed E-state index contributed by atoms with van der Waals surface area (Å²) in [7, 11) is 0. The monoisotopic (exact) mass is 260 g/mol. The van der Waals surface area contributed by atoms with E-state index >= 15 is 0 Å². The molecule has 0 spiro atoms. The summed E-state index contributed by atoms with van der Waals surface area (Å²) in [4.78, 5) is 10.3. The molecule has 0 aliphatic carbocycles. The maximum atomic E-state index is 10.3. The zero-order chi connectivity index (χ0) is 12.8. The highest BCUT2D eigenvalue weighted by atomic mass is 35.5. The molecule has 0 aliphatic heterocycles. The lowest BCUT2D eigenvalue weighted by atomic mass is 10.3. The molecule has 0 saturated heterocycles. The Morgan fingerprint density at radius 3 is 2.94 bits per heavy atom. The van der Waals surface area contributed by atoms with Crippen molar-refractivity contribution in [1.29, 1.82) is 0 Å². The Labute approximate surface area is 105 Å². The van der Waals surface area contributed by atoms with Crippen molar-refractivity contribution in [1.82, 2.24) is 15.1 Å². The number of carbonyl (C=O) groups is 1. The number of primary amides is 1. The van der Waals surface area contributed by atoms with E-state index in [1.165, 1.54) is 0 Å². The highest BCUT2D eigenvalue weighted by Crippen LogP contribution is 2.19. The van der Waals surface area contributed by atoms with Gasteiger partial charge in [0, 0.05) is 19.6 Å². The third-order valence-corrected chi connectivity index (χ3v) is 2.76. The zero-order valence-corrected chi connectivity index (χ0v) is 10.8. The molecule has 7 heteroatoms. The maximum absolute atomic E-state index is 10.3. The molecular weight excluding hydrogens is 244 g/mol. The van der Waals surface area contributed by atoms with E-state index in [2.05, 4.69) is 15.2 Å². The summed E-state index contributed by atoms with van der Waals surface area (Å²) in [6.07, 6.45) is -0.765. The number of halogens is 1. The van der Waals surface area contributed by atoms with Crippen LogP contribution in [-0.4, -0.2) is 29.0 Å². The van der Waals surface area contributed by atoms with Crippen LogP contribution in [0.25, 0.3) is 0 Å². The minimum absolute atomic E-state index is 0.242. The van der Waals surface area contributed by atoms with Crippen LogP contribution in [0.2, 0.25) is 5.02 Å². The van der Waals surface area contributed by atoms with E-state index in [-0.39, 0.29) is 6.61 Å². The molecule has 96 valence electrons. The van der Waals surface area contributed by atoms with Crippen molar-refractivity contribution in [2.75, 3.05) is 13.2 Å². The van der Waals surface area contributed by atoms with Crippen molar-refractivity contribution in [2.45, 2.75) is 26.9 Å². The highest BCUT2D eigenvalue weighted by Gasteiger charge is 2.11. The fourth-order valence-corrected chi connectivity index (χ4v) is 1.67. The van der Waals surface area contributed by atoms with E-state index in [9.17, 15) is 4.79 Å². The van der Waals surface area contributed by atoms with Gasteiger partial charge in [0.05, 0.1) is 16.4 Å². The summed E-state index contributed by atoms with van der Waals surface area (Å²) in [5.74, 6) is 0. The van der Waals surface area contributed by atoms with Gasteiger partial charge < -0.3 is 15.8 Å². The molecule has 0 unspecified atom stereocenters. The molecule has 1 heterocycles. The molecule has 3 N–H and O–H groups in total. The fraction of sp³-hybridized carbons (Fsp3) is 0.600. The number of aryl methyl sites for hydroxylation is 2. The molecule has 1 aromatic heterocycles. The summed E-state index contributed by atoms with van der Waals surface area (Å²) in [5.41, 5.74) is 6.59. The Balaban J connectivity index is 2.43. The van der Waals surface area contributed by atoms with Crippen molar-refractivity contribution >= 4 is 17.7 Å². The van der Waals surface area contributed by atoms with Crippen molar-refractivity contribution in [2.24, 2.45) is 5.73 Å². The van der Waals surface area contributed by atoms with Crippen LogP contribution in [0.15, 0.2) is 0 Å². The lowest BCUT2D eigenvalue weighted by Gasteiger charge is -2.07. The van der Waals surface area contributed by atoms with E-state index in [1.807, 2.05) is 18.5 Å². The van der Waals surface area contributed by atoms with Gasteiger partial charge >= 0.3 is 6.09 Å². The first-order chi connectivity index (χ1) is 8.06. The third-order valence-electron chi connectivity index (χ3n) is 2.27. The van der Waals surface area contributed by atoms with E-state index in [1.54, 1.807) is 0 Å². The van der Waals surface area contributed by atoms with E-state index in [0.717, 1.165) is 17.9 Å². The molecular formula is C10H17ClN4O2. The molecule has 0 radical (unpaired) electrons. The van der Waals surface area contributed by atoms with E-state index in [4.69, 9.17) is 17.3 Å². The summed E-state index contributed by atoms with van der Waals surface area (Å²) in [6, 6.07) is 0. The minimum Gasteiger partial charge on any atom is -0.448 e.